The van der Waals surface area contributed by atoms with Gasteiger partial charge in [-0.3, -0.25) is 14.9 Å². The second-order valence-corrected chi connectivity index (χ2v) is 9.65. The third kappa shape index (κ3) is 11.0. The van der Waals surface area contributed by atoms with Gasteiger partial charge in [-0.25, -0.2) is 4.39 Å². The number of nitrogens with zero attached hydrogens (tertiary/aromatic N) is 3. The van der Waals surface area contributed by atoms with Gasteiger partial charge in [-0.2, -0.15) is 0 Å². The van der Waals surface area contributed by atoms with Crippen LogP contribution < -0.4 is 16.0 Å². The molecule has 0 saturated heterocycles. The van der Waals surface area contributed by atoms with E-state index in [1.54, 1.807) is 12.1 Å². The lowest BCUT2D eigenvalue weighted by Crippen LogP contribution is -2.36. The number of pyridine rings is 2. The van der Waals surface area contributed by atoms with Gasteiger partial charge in [0.1, 0.15) is 5.82 Å². The van der Waals surface area contributed by atoms with Crippen molar-refractivity contribution in [2.75, 3.05) is 32.7 Å². The SMILES string of the molecule is Fc1cccc(CCNCc2ccc(CN(CCNCc3ccccn3)CCNCc3ccccn3)cc2)c1. The monoisotopic (exact) mass is 526 g/mol. The zero-order chi connectivity index (χ0) is 27.0. The van der Waals surface area contributed by atoms with Gasteiger partial charge in [-0.15, -0.1) is 0 Å². The molecule has 3 N–H and O–H groups in total. The standard InChI is InChI=1S/C32H39FN6/c33-30-7-5-6-27(22-30)14-17-34-23-28-10-12-29(13-11-28)26-39(20-18-35-24-31-8-1-3-15-37-31)21-19-36-25-32-9-2-4-16-38-32/h1-13,15-16,22,34-36H,14,17-21,23-26H2. The topological polar surface area (TPSA) is 65.1 Å². The van der Waals surface area contributed by atoms with Crippen LogP contribution in [0.2, 0.25) is 0 Å². The van der Waals surface area contributed by atoms with Gasteiger partial charge in [0, 0.05) is 64.8 Å². The van der Waals surface area contributed by atoms with Crippen LogP contribution >= 0.6 is 0 Å². The van der Waals surface area contributed by atoms with E-state index in [4.69, 9.17) is 0 Å². The van der Waals surface area contributed by atoms with Crippen molar-refractivity contribution in [3.8, 4) is 0 Å². The summed E-state index contributed by atoms with van der Waals surface area (Å²) in [6.07, 6.45) is 4.48. The molecular weight excluding hydrogens is 487 g/mol. The quantitative estimate of drug-likeness (QED) is 0.178. The Morgan fingerprint density at radius 1 is 0.590 bits per heavy atom. The highest BCUT2D eigenvalue weighted by Gasteiger charge is 2.07. The minimum Gasteiger partial charge on any atom is -0.312 e. The van der Waals surface area contributed by atoms with Crippen molar-refractivity contribution in [1.82, 2.24) is 30.8 Å². The summed E-state index contributed by atoms with van der Waals surface area (Å²) < 4.78 is 13.3. The van der Waals surface area contributed by atoms with E-state index in [0.717, 1.165) is 82.3 Å². The molecule has 0 bridgehead atoms. The van der Waals surface area contributed by atoms with Crippen LogP contribution in [0.4, 0.5) is 4.39 Å². The average Bonchev–Trinajstić information content (AvgIpc) is 2.97. The summed E-state index contributed by atoms with van der Waals surface area (Å²) in [7, 11) is 0. The maximum atomic E-state index is 13.3. The van der Waals surface area contributed by atoms with Crippen LogP contribution in [-0.4, -0.2) is 47.6 Å². The first-order valence-electron chi connectivity index (χ1n) is 13.7. The molecule has 0 amide bonds. The molecule has 204 valence electrons. The molecule has 4 rings (SSSR count). The molecule has 0 aliphatic carbocycles. The van der Waals surface area contributed by atoms with Gasteiger partial charge >= 0.3 is 0 Å². The Morgan fingerprint density at radius 2 is 1.21 bits per heavy atom. The number of halogens is 1. The highest BCUT2D eigenvalue weighted by atomic mass is 19.1. The number of benzene rings is 2. The van der Waals surface area contributed by atoms with E-state index >= 15 is 0 Å². The van der Waals surface area contributed by atoms with E-state index in [0.29, 0.717) is 0 Å². The van der Waals surface area contributed by atoms with E-state index in [-0.39, 0.29) is 5.82 Å². The Labute approximate surface area is 231 Å². The molecule has 2 aromatic heterocycles. The van der Waals surface area contributed by atoms with Crippen LogP contribution in [0.3, 0.4) is 0 Å². The Hall–Kier alpha value is -3.49. The summed E-state index contributed by atoms with van der Waals surface area (Å²) in [6, 6.07) is 27.7. The number of rotatable bonds is 17. The Morgan fingerprint density at radius 3 is 1.79 bits per heavy atom. The molecule has 0 spiro atoms. The minimum atomic E-state index is -0.176. The van der Waals surface area contributed by atoms with E-state index in [1.807, 2.05) is 54.9 Å². The fourth-order valence-corrected chi connectivity index (χ4v) is 4.36. The number of hydrogen-bond donors (Lipinski definition) is 3. The van der Waals surface area contributed by atoms with Crippen molar-refractivity contribution in [2.24, 2.45) is 0 Å². The summed E-state index contributed by atoms with van der Waals surface area (Å²) in [5, 5.41) is 10.5. The van der Waals surface area contributed by atoms with E-state index in [1.165, 1.54) is 17.2 Å². The molecule has 0 saturated carbocycles. The van der Waals surface area contributed by atoms with Gasteiger partial charge in [-0.1, -0.05) is 48.5 Å². The Balaban J connectivity index is 1.21. The first-order chi connectivity index (χ1) is 19.2. The van der Waals surface area contributed by atoms with Crippen LogP contribution in [0.5, 0.6) is 0 Å². The van der Waals surface area contributed by atoms with Gasteiger partial charge in [0.15, 0.2) is 0 Å². The lowest BCUT2D eigenvalue weighted by atomic mass is 10.1. The fourth-order valence-electron chi connectivity index (χ4n) is 4.36. The van der Waals surface area contributed by atoms with Crippen LogP contribution in [0.15, 0.2) is 97.3 Å². The molecule has 0 unspecified atom stereocenters. The van der Waals surface area contributed by atoms with Gasteiger partial charge < -0.3 is 16.0 Å². The first-order valence-corrected chi connectivity index (χ1v) is 13.7. The van der Waals surface area contributed by atoms with Gasteiger partial charge in [0.05, 0.1) is 11.4 Å². The summed E-state index contributed by atoms with van der Waals surface area (Å²) in [4.78, 5) is 11.3. The third-order valence-electron chi connectivity index (χ3n) is 6.51. The second kappa shape index (κ2) is 16.5. The largest absolute Gasteiger partial charge is 0.312 e. The average molecular weight is 527 g/mol. The predicted octanol–water partition coefficient (Wildman–Crippen LogP) is 4.33. The number of aromatic nitrogens is 2. The molecule has 6 nitrogen and oxygen atoms in total. The molecule has 0 aliphatic heterocycles. The van der Waals surface area contributed by atoms with Crippen molar-refractivity contribution in [3.63, 3.8) is 0 Å². The molecular formula is C32H39FN6. The lowest BCUT2D eigenvalue weighted by molar-refractivity contribution is 0.263. The predicted molar refractivity (Wildman–Crippen MR) is 155 cm³/mol. The second-order valence-electron chi connectivity index (χ2n) is 9.65. The molecule has 39 heavy (non-hydrogen) atoms. The van der Waals surface area contributed by atoms with Gasteiger partial charge in [-0.05, 0) is 66.1 Å². The molecule has 0 atom stereocenters. The smallest absolute Gasteiger partial charge is 0.123 e. The Kier molecular flexibility index (Phi) is 12.0. The summed E-state index contributed by atoms with van der Waals surface area (Å²) >= 11 is 0. The van der Waals surface area contributed by atoms with E-state index in [9.17, 15) is 4.39 Å². The zero-order valence-corrected chi connectivity index (χ0v) is 22.5. The van der Waals surface area contributed by atoms with Crippen LogP contribution in [-0.2, 0) is 32.6 Å². The highest BCUT2D eigenvalue weighted by molar-refractivity contribution is 5.22. The lowest BCUT2D eigenvalue weighted by Gasteiger charge is -2.23. The van der Waals surface area contributed by atoms with Crippen LogP contribution in [0.1, 0.15) is 28.1 Å². The molecule has 0 radical (unpaired) electrons. The van der Waals surface area contributed by atoms with Gasteiger partial charge in [0.2, 0.25) is 0 Å². The third-order valence-corrected chi connectivity index (χ3v) is 6.51. The van der Waals surface area contributed by atoms with Crippen molar-refractivity contribution >= 4 is 0 Å². The molecule has 2 heterocycles. The normalized spacial score (nSPS) is 11.2. The maximum Gasteiger partial charge on any atom is 0.123 e. The highest BCUT2D eigenvalue weighted by Crippen LogP contribution is 2.09. The molecule has 0 fully saturated rings. The number of nitrogens with one attached hydrogen (secondary N) is 3. The molecule has 4 aromatic rings. The first kappa shape index (κ1) is 28.5. The fraction of sp³-hybridized carbons (Fsp3) is 0.312. The maximum absolute atomic E-state index is 13.3. The minimum absolute atomic E-state index is 0.176. The summed E-state index contributed by atoms with van der Waals surface area (Å²) in [5.41, 5.74) is 5.68. The van der Waals surface area contributed by atoms with Crippen molar-refractivity contribution in [1.29, 1.82) is 0 Å². The van der Waals surface area contributed by atoms with Crippen molar-refractivity contribution < 1.29 is 4.39 Å². The van der Waals surface area contributed by atoms with Crippen molar-refractivity contribution in [2.45, 2.75) is 32.6 Å². The molecule has 7 heteroatoms. The van der Waals surface area contributed by atoms with Crippen LogP contribution in [0.25, 0.3) is 0 Å². The van der Waals surface area contributed by atoms with E-state index < -0.39 is 0 Å². The Bertz CT molecular complexity index is 1160. The van der Waals surface area contributed by atoms with Crippen molar-refractivity contribution in [3.05, 3.63) is 131 Å². The summed E-state index contributed by atoms with van der Waals surface area (Å²) in [5.74, 6) is -0.176. The van der Waals surface area contributed by atoms with Gasteiger partial charge in [0.25, 0.3) is 0 Å². The molecule has 0 aliphatic rings. The molecule has 2 aromatic carbocycles. The van der Waals surface area contributed by atoms with E-state index in [2.05, 4.69) is 55.1 Å². The zero-order valence-electron chi connectivity index (χ0n) is 22.5. The summed E-state index contributed by atoms with van der Waals surface area (Å²) in [6.45, 7) is 7.73. The number of hydrogen-bond acceptors (Lipinski definition) is 6. The van der Waals surface area contributed by atoms with Crippen LogP contribution in [0, 0.1) is 5.82 Å².